The predicted molar refractivity (Wildman–Crippen MR) is 60.3 cm³/mol. The van der Waals surface area contributed by atoms with Crippen LogP contribution in [0.25, 0.3) is 5.65 Å². The highest BCUT2D eigenvalue weighted by Gasteiger charge is 2.05. The van der Waals surface area contributed by atoms with E-state index in [0.717, 1.165) is 24.4 Å². The topological polar surface area (TPSA) is 33.4 Å². The van der Waals surface area contributed by atoms with Gasteiger partial charge < -0.3 is 4.90 Å². The molecule has 0 amide bonds. The van der Waals surface area contributed by atoms with E-state index in [4.69, 9.17) is 11.6 Å². The second-order valence-corrected chi connectivity index (χ2v) is 4.09. The first-order chi connectivity index (χ1) is 7.16. The zero-order chi connectivity index (χ0) is 10.8. The molecule has 0 bridgehead atoms. The van der Waals surface area contributed by atoms with E-state index in [9.17, 15) is 0 Å². The summed E-state index contributed by atoms with van der Waals surface area (Å²) in [7, 11) is 4.06. The molecule has 2 aromatic heterocycles. The number of rotatable bonds is 3. The number of halogens is 1. The van der Waals surface area contributed by atoms with Crippen molar-refractivity contribution in [2.45, 2.75) is 6.42 Å². The SMILES string of the molecule is CN(C)CCc1nc2cccc(Cl)n2n1. The lowest BCUT2D eigenvalue weighted by Crippen LogP contribution is -2.15. The van der Waals surface area contributed by atoms with Crippen molar-refractivity contribution < 1.29 is 0 Å². The van der Waals surface area contributed by atoms with Gasteiger partial charge in [0.1, 0.15) is 5.15 Å². The minimum absolute atomic E-state index is 0.594. The molecule has 2 aromatic rings. The van der Waals surface area contributed by atoms with Crippen LogP contribution in [0.5, 0.6) is 0 Å². The van der Waals surface area contributed by atoms with E-state index in [0.29, 0.717) is 5.15 Å². The number of nitrogens with zero attached hydrogens (tertiary/aromatic N) is 4. The van der Waals surface area contributed by atoms with Crippen LogP contribution in [0.3, 0.4) is 0 Å². The summed E-state index contributed by atoms with van der Waals surface area (Å²) in [5.41, 5.74) is 0.802. The summed E-state index contributed by atoms with van der Waals surface area (Å²) >= 11 is 5.98. The lowest BCUT2D eigenvalue weighted by atomic mass is 10.4. The Labute approximate surface area is 93.5 Å². The molecule has 80 valence electrons. The quantitative estimate of drug-likeness (QED) is 0.741. The van der Waals surface area contributed by atoms with Crippen molar-refractivity contribution in [2.24, 2.45) is 0 Å². The third-order valence-corrected chi connectivity index (χ3v) is 2.43. The fraction of sp³-hybridized carbons (Fsp3) is 0.400. The summed E-state index contributed by atoms with van der Waals surface area (Å²) in [6.45, 7) is 0.939. The summed E-state index contributed by atoms with van der Waals surface area (Å²) in [6.07, 6.45) is 0.838. The van der Waals surface area contributed by atoms with E-state index in [1.807, 2.05) is 26.2 Å². The third-order valence-electron chi connectivity index (χ3n) is 2.14. The fourth-order valence-electron chi connectivity index (χ4n) is 1.35. The van der Waals surface area contributed by atoms with Crippen molar-refractivity contribution in [2.75, 3.05) is 20.6 Å². The summed E-state index contributed by atoms with van der Waals surface area (Å²) in [5, 5.41) is 4.92. The van der Waals surface area contributed by atoms with E-state index in [1.165, 1.54) is 0 Å². The van der Waals surface area contributed by atoms with Crippen LogP contribution in [-0.4, -0.2) is 40.1 Å². The molecule has 2 heterocycles. The number of hydrogen-bond acceptors (Lipinski definition) is 3. The molecule has 4 nitrogen and oxygen atoms in total. The Morgan fingerprint density at radius 1 is 1.40 bits per heavy atom. The van der Waals surface area contributed by atoms with Crippen LogP contribution < -0.4 is 0 Å². The number of hydrogen-bond donors (Lipinski definition) is 0. The molecular weight excluding hydrogens is 212 g/mol. The highest BCUT2D eigenvalue weighted by Crippen LogP contribution is 2.10. The second-order valence-electron chi connectivity index (χ2n) is 3.70. The van der Waals surface area contributed by atoms with E-state index in [2.05, 4.69) is 15.0 Å². The van der Waals surface area contributed by atoms with Crippen LogP contribution in [0.1, 0.15) is 5.82 Å². The van der Waals surface area contributed by atoms with Crippen molar-refractivity contribution >= 4 is 17.2 Å². The van der Waals surface area contributed by atoms with E-state index in [-0.39, 0.29) is 0 Å². The molecule has 5 heteroatoms. The largest absolute Gasteiger partial charge is 0.309 e. The zero-order valence-electron chi connectivity index (χ0n) is 8.81. The molecule has 2 rings (SSSR count). The Balaban J connectivity index is 2.27. The molecule has 0 aliphatic heterocycles. The average Bonchev–Trinajstić information content (AvgIpc) is 2.59. The first-order valence-corrected chi connectivity index (χ1v) is 5.19. The summed E-state index contributed by atoms with van der Waals surface area (Å²) in [4.78, 5) is 6.49. The van der Waals surface area contributed by atoms with Gasteiger partial charge in [0.15, 0.2) is 11.5 Å². The van der Waals surface area contributed by atoms with E-state index >= 15 is 0 Å². The molecule has 0 aliphatic carbocycles. The average molecular weight is 225 g/mol. The molecular formula is C10H13ClN4. The molecule has 0 aliphatic rings. The predicted octanol–water partition coefficient (Wildman–Crippen LogP) is 1.49. The van der Waals surface area contributed by atoms with Gasteiger partial charge in [-0.15, -0.1) is 5.10 Å². The van der Waals surface area contributed by atoms with Gasteiger partial charge >= 0.3 is 0 Å². The van der Waals surface area contributed by atoms with Crippen LogP contribution in [0.2, 0.25) is 5.15 Å². The molecule has 0 saturated carbocycles. The summed E-state index contributed by atoms with van der Waals surface area (Å²) in [6, 6.07) is 5.58. The lowest BCUT2D eigenvalue weighted by Gasteiger charge is -2.05. The molecule has 0 atom stereocenters. The number of fused-ring (bicyclic) bond motifs is 1. The second kappa shape index (κ2) is 4.16. The van der Waals surface area contributed by atoms with Gasteiger partial charge in [-0.25, -0.2) is 9.50 Å². The minimum Gasteiger partial charge on any atom is -0.309 e. The first-order valence-electron chi connectivity index (χ1n) is 4.82. The van der Waals surface area contributed by atoms with Gasteiger partial charge in [-0.05, 0) is 26.2 Å². The highest BCUT2D eigenvalue weighted by molar-refractivity contribution is 6.29. The monoisotopic (exact) mass is 224 g/mol. The van der Waals surface area contributed by atoms with Crippen molar-refractivity contribution in [3.63, 3.8) is 0 Å². The van der Waals surface area contributed by atoms with Crippen molar-refractivity contribution in [1.82, 2.24) is 19.5 Å². The maximum absolute atomic E-state index is 5.98. The maximum Gasteiger partial charge on any atom is 0.157 e. The van der Waals surface area contributed by atoms with Crippen molar-refractivity contribution in [1.29, 1.82) is 0 Å². The molecule has 0 N–H and O–H groups in total. The van der Waals surface area contributed by atoms with Crippen LogP contribution in [0.4, 0.5) is 0 Å². The normalized spacial score (nSPS) is 11.5. The molecule has 0 unspecified atom stereocenters. The Morgan fingerprint density at radius 3 is 2.87 bits per heavy atom. The van der Waals surface area contributed by atoms with Gasteiger partial charge in [-0.2, -0.15) is 0 Å². The molecule has 0 spiro atoms. The smallest absolute Gasteiger partial charge is 0.157 e. The van der Waals surface area contributed by atoms with Crippen molar-refractivity contribution in [3.05, 3.63) is 29.2 Å². The highest BCUT2D eigenvalue weighted by atomic mass is 35.5. The number of pyridine rings is 1. The van der Waals surface area contributed by atoms with Gasteiger partial charge in [0.2, 0.25) is 0 Å². The Bertz CT molecular complexity index is 463. The van der Waals surface area contributed by atoms with Crippen molar-refractivity contribution in [3.8, 4) is 0 Å². The molecule has 0 aromatic carbocycles. The van der Waals surface area contributed by atoms with Gasteiger partial charge in [0.25, 0.3) is 0 Å². The van der Waals surface area contributed by atoms with Gasteiger partial charge in [0, 0.05) is 13.0 Å². The van der Waals surface area contributed by atoms with E-state index < -0.39 is 0 Å². The fourth-order valence-corrected chi connectivity index (χ4v) is 1.54. The molecule has 0 fully saturated rings. The molecule has 0 radical (unpaired) electrons. The summed E-state index contributed by atoms with van der Waals surface area (Å²) < 4.78 is 1.66. The third kappa shape index (κ3) is 2.27. The Kier molecular flexibility index (Phi) is 2.88. The number of likely N-dealkylation sites (N-methyl/N-ethyl adjacent to an activating group) is 1. The summed E-state index contributed by atoms with van der Waals surface area (Å²) in [5.74, 6) is 0.830. The number of aromatic nitrogens is 3. The standard InChI is InChI=1S/C10H13ClN4/c1-14(2)7-6-9-12-10-5-3-4-8(11)15(10)13-9/h3-5H,6-7H2,1-2H3. The minimum atomic E-state index is 0.594. The van der Waals surface area contributed by atoms with Crippen LogP contribution >= 0.6 is 11.6 Å². The lowest BCUT2D eigenvalue weighted by molar-refractivity contribution is 0.409. The Morgan fingerprint density at radius 2 is 2.20 bits per heavy atom. The van der Waals surface area contributed by atoms with Crippen LogP contribution in [-0.2, 0) is 6.42 Å². The first kappa shape index (κ1) is 10.4. The molecule has 0 saturated heterocycles. The van der Waals surface area contributed by atoms with E-state index in [1.54, 1.807) is 10.6 Å². The van der Waals surface area contributed by atoms with Gasteiger partial charge in [-0.1, -0.05) is 17.7 Å². The maximum atomic E-state index is 5.98. The Hall–Kier alpha value is -1.13. The zero-order valence-corrected chi connectivity index (χ0v) is 9.57. The van der Waals surface area contributed by atoms with Gasteiger partial charge in [0.05, 0.1) is 0 Å². The van der Waals surface area contributed by atoms with Crippen LogP contribution in [0.15, 0.2) is 18.2 Å². The van der Waals surface area contributed by atoms with Crippen LogP contribution in [0, 0.1) is 0 Å². The van der Waals surface area contributed by atoms with Gasteiger partial charge in [-0.3, -0.25) is 0 Å². The molecule has 15 heavy (non-hydrogen) atoms.